The van der Waals surface area contributed by atoms with Gasteiger partial charge in [-0.05, 0) is 39.1 Å². The Kier molecular flexibility index (Phi) is 6.31. The summed E-state index contributed by atoms with van der Waals surface area (Å²) in [5.41, 5.74) is 1.72. The van der Waals surface area contributed by atoms with Gasteiger partial charge in [0.25, 0.3) is 5.91 Å². The lowest BCUT2D eigenvalue weighted by atomic mass is 10.1. The monoisotopic (exact) mass is 361 g/mol. The van der Waals surface area contributed by atoms with Crippen LogP contribution in [0, 0.1) is 0 Å². The maximum atomic E-state index is 12.4. The van der Waals surface area contributed by atoms with Gasteiger partial charge in [0.1, 0.15) is 12.2 Å². The average molecular weight is 361 g/mol. The first kappa shape index (κ1) is 19.8. The van der Waals surface area contributed by atoms with Crippen LogP contribution in [0.5, 0.6) is 0 Å². The first-order chi connectivity index (χ1) is 12.2. The fourth-order valence-corrected chi connectivity index (χ4v) is 2.97. The third-order valence-corrected chi connectivity index (χ3v) is 4.17. The van der Waals surface area contributed by atoms with Crippen molar-refractivity contribution in [3.8, 4) is 0 Å². The van der Waals surface area contributed by atoms with Crippen molar-refractivity contribution in [3.63, 3.8) is 0 Å². The number of carbonyl (C=O) groups is 3. The SMILES string of the molecule is CC(=O)N1CC(=O)N/C(=C\c2ncn(CCCN(C)C)c2C(C)C)C1=O. The van der Waals surface area contributed by atoms with E-state index in [1.165, 1.54) is 6.92 Å². The van der Waals surface area contributed by atoms with Crippen molar-refractivity contribution in [2.24, 2.45) is 0 Å². The van der Waals surface area contributed by atoms with E-state index in [4.69, 9.17) is 0 Å². The number of nitrogens with zero attached hydrogens (tertiary/aromatic N) is 4. The van der Waals surface area contributed by atoms with Gasteiger partial charge < -0.3 is 14.8 Å². The lowest BCUT2D eigenvalue weighted by Gasteiger charge is -2.25. The summed E-state index contributed by atoms with van der Waals surface area (Å²) >= 11 is 0. The molecule has 26 heavy (non-hydrogen) atoms. The zero-order valence-corrected chi connectivity index (χ0v) is 16.1. The number of aryl methyl sites for hydroxylation is 1. The molecule has 0 aliphatic carbocycles. The van der Waals surface area contributed by atoms with Crippen LogP contribution in [0.1, 0.15) is 44.5 Å². The van der Waals surface area contributed by atoms with E-state index in [0.717, 1.165) is 30.1 Å². The van der Waals surface area contributed by atoms with Crippen LogP contribution in [0.4, 0.5) is 0 Å². The van der Waals surface area contributed by atoms with Crippen LogP contribution < -0.4 is 5.32 Å². The number of aromatic nitrogens is 2. The molecule has 1 saturated heterocycles. The molecule has 2 rings (SSSR count). The summed E-state index contributed by atoms with van der Waals surface area (Å²) in [5, 5.41) is 2.56. The molecule has 1 N–H and O–H groups in total. The van der Waals surface area contributed by atoms with E-state index in [0.29, 0.717) is 5.69 Å². The van der Waals surface area contributed by atoms with E-state index in [-0.39, 0.29) is 24.1 Å². The Morgan fingerprint density at radius 1 is 1.38 bits per heavy atom. The number of nitrogens with one attached hydrogen (secondary N) is 1. The van der Waals surface area contributed by atoms with Gasteiger partial charge in [-0.15, -0.1) is 0 Å². The fourth-order valence-electron chi connectivity index (χ4n) is 2.97. The van der Waals surface area contributed by atoms with Crippen molar-refractivity contribution in [2.45, 2.75) is 39.7 Å². The van der Waals surface area contributed by atoms with Crippen LogP contribution in [0.25, 0.3) is 6.08 Å². The van der Waals surface area contributed by atoms with Crippen LogP contribution in [0.3, 0.4) is 0 Å². The van der Waals surface area contributed by atoms with Crippen LogP contribution in [-0.2, 0) is 20.9 Å². The van der Waals surface area contributed by atoms with Gasteiger partial charge in [0.05, 0.1) is 12.0 Å². The molecule has 0 spiro atoms. The molecule has 142 valence electrons. The fraction of sp³-hybridized carbons (Fsp3) is 0.556. The molecule has 8 nitrogen and oxygen atoms in total. The maximum absolute atomic E-state index is 12.4. The largest absolute Gasteiger partial charge is 0.334 e. The number of amides is 3. The molecule has 1 aliphatic heterocycles. The molecular formula is C18H27N5O3. The number of piperazine rings is 1. The summed E-state index contributed by atoms with van der Waals surface area (Å²) in [5.74, 6) is -1.15. The third kappa shape index (κ3) is 4.57. The van der Waals surface area contributed by atoms with E-state index in [9.17, 15) is 14.4 Å². The molecule has 1 aromatic rings. The molecule has 0 saturated carbocycles. The second kappa shape index (κ2) is 8.27. The Bertz CT molecular complexity index is 733. The van der Waals surface area contributed by atoms with E-state index in [1.807, 2.05) is 14.1 Å². The smallest absolute Gasteiger partial charge is 0.277 e. The predicted molar refractivity (Wildman–Crippen MR) is 98.0 cm³/mol. The summed E-state index contributed by atoms with van der Waals surface area (Å²) in [6.07, 6.45) is 4.30. The Hall–Kier alpha value is -2.48. The Labute approximate surface area is 153 Å². The number of hydrogen-bond donors (Lipinski definition) is 1. The Morgan fingerprint density at radius 3 is 2.65 bits per heavy atom. The minimum Gasteiger partial charge on any atom is -0.334 e. The van der Waals surface area contributed by atoms with Gasteiger partial charge in [0.2, 0.25) is 11.8 Å². The summed E-state index contributed by atoms with van der Waals surface area (Å²) in [6, 6.07) is 0. The van der Waals surface area contributed by atoms with Crippen LogP contribution in [0.2, 0.25) is 0 Å². The van der Waals surface area contributed by atoms with E-state index < -0.39 is 11.8 Å². The maximum Gasteiger partial charge on any atom is 0.277 e. The molecular weight excluding hydrogens is 334 g/mol. The van der Waals surface area contributed by atoms with Gasteiger partial charge in [-0.3, -0.25) is 19.3 Å². The predicted octanol–water partition coefficient (Wildman–Crippen LogP) is 0.804. The highest BCUT2D eigenvalue weighted by Crippen LogP contribution is 2.22. The highest BCUT2D eigenvalue weighted by Gasteiger charge is 2.31. The van der Waals surface area contributed by atoms with Crippen molar-refractivity contribution < 1.29 is 14.4 Å². The van der Waals surface area contributed by atoms with Crippen molar-refractivity contribution in [1.82, 2.24) is 24.7 Å². The second-order valence-corrected chi connectivity index (χ2v) is 7.04. The number of carbonyl (C=O) groups excluding carboxylic acids is 3. The number of imide groups is 1. The molecule has 0 radical (unpaired) electrons. The zero-order valence-electron chi connectivity index (χ0n) is 16.1. The van der Waals surface area contributed by atoms with Crippen LogP contribution in [0.15, 0.2) is 12.0 Å². The van der Waals surface area contributed by atoms with Gasteiger partial charge in [-0.25, -0.2) is 4.98 Å². The lowest BCUT2D eigenvalue weighted by molar-refractivity contribution is -0.147. The van der Waals surface area contributed by atoms with Crippen LogP contribution >= 0.6 is 0 Å². The minimum absolute atomic E-state index is 0.0805. The summed E-state index contributed by atoms with van der Waals surface area (Å²) in [6.45, 7) is 6.93. The highest BCUT2D eigenvalue weighted by atomic mass is 16.2. The summed E-state index contributed by atoms with van der Waals surface area (Å²) < 4.78 is 2.08. The van der Waals surface area contributed by atoms with Gasteiger partial charge in [-0.1, -0.05) is 13.8 Å². The number of rotatable bonds is 6. The topological polar surface area (TPSA) is 87.5 Å². The zero-order chi connectivity index (χ0) is 19.4. The number of imidazole rings is 1. The minimum atomic E-state index is -0.506. The number of hydrogen-bond acceptors (Lipinski definition) is 5. The molecule has 2 heterocycles. The third-order valence-electron chi connectivity index (χ3n) is 4.17. The first-order valence-electron chi connectivity index (χ1n) is 8.74. The molecule has 0 bridgehead atoms. The molecule has 3 amide bonds. The highest BCUT2D eigenvalue weighted by molar-refractivity contribution is 6.12. The van der Waals surface area contributed by atoms with Crippen molar-refractivity contribution in [2.75, 3.05) is 27.2 Å². The molecule has 0 atom stereocenters. The first-order valence-corrected chi connectivity index (χ1v) is 8.74. The van der Waals surface area contributed by atoms with Gasteiger partial charge in [-0.2, -0.15) is 0 Å². The Balaban J connectivity index is 2.31. The molecule has 1 fully saturated rings. The normalized spacial score (nSPS) is 16.7. The van der Waals surface area contributed by atoms with Gasteiger partial charge >= 0.3 is 0 Å². The van der Waals surface area contributed by atoms with Crippen LogP contribution in [-0.4, -0.2) is 64.3 Å². The standard InChI is InChI=1S/C18H27N5O3/c1-12(2)17-14(19-11-22(17)8-6-7-21(4)5)9-15-18(26)23(13(3)24)10-16(25)20-15/h9,11-12H,6-8,10H2,1-5H3,(H,20,25)/b15-9-. The van der Waals surface area contributed by atoms with E-state index in [2.05, 4.69) is 33.6 Å². The van der Waals surface area contributed by atoms with E-state index in [1.54, 1.807) is 12.4 Å². The van der Waals surface area contributed by atoms with Crippen molar-refractivity contribution >= 4 is 23.8 Å². The second-order valence-electron chi connectivity index (χ2n) is 7.04. The average Bonchev–Trinajstić information content (AvgIpc) is 2.92. The van der Waals surface area contributed by atoms with E-state index >= 15 is 0 Å². The summed E-state index contributed by atoms with van der Waals surface area (Å²) in [7, 11) is 4.07. The molecule has 8 heteroatoms. The van der Waals surface area contributed by atoms with Gasteiger partial charge in [0.15, 0.2) is 0 Å². The summed E-state index contributed by atoms with van der Waals surface area (Å²) in [4.78, 5) is 43.3. The van der Waals surface area contributed by atoms with Crippen molar-refractivity contribution in [3.05, 3.63) is 23.4 Å². The quantitative estimate of drug-likeness (QED) is 0.758. The Morgan fingerprint density at radius 2 is 2.08 bits per heavy atom. The lowest BCUT2D eigenvalue weighted by Crippen LogP contribution is -2.51. The molecule has 1 aromatic heterocycles. The van der Waals surface area contributed by atoms with Gasteiger partial charge in [0, 0.05) is 19.2 Å². The van der Waals surface area contributed by atoms with Crippen molar-refractivity contribution in [1.29, 1.82) is 0 Å². The molecule has 1 aliphatic rings. The molecule has 0 unspecified atom stereocenters. The molecule has 0 aromatic carbocycles.